The van der Waals surface area contributed by atoms with Crippen molar-refractivity contribution < 1.29 is 4.42 Å². The lowest BCUT2D eigenvalue weighted by atomic mass is 10.4. The van der Waals surface area contributed by atoms with Crippen LogP contribution in [0.15, 0.2) is 23.0 Å². The van der Waals surface area contributed by atoms with Crippen LogP contribution >= 0.6 is 0 Å². The van der Waals surface area contributed by atoms with Gasteiger partial charge in [0.2, 0.25) is 5.89 Å². The van der Waals surface area contributed by atoms with Crippen LogP contribution in [0.1, 0.15) is 5.89 Å². The molecule has 0 spiro atoms. The first kappa shape index (κ1) is 9.53. The monoisotopic (exact) mass is 206 g/mol. The van der Waals surface area contributed by atoms with Gasteiger partial charge < -0.3 is 10.2 Å². The van der Waals surface area contributed by atoms with Crippen molar-refractivity contribution in [1.29, 1.82) is 0 Å². The smallest absolute Gasteiger partial charge is 0.321 e. The highest BCUT2D eigenvalue weighted by molar-refractivity contribution is 5.42. The average molecular weight is 206 g/mol. The first-order valence-electron chi connectivity index (χ1n) is 4.44. The van der Waals surface area contributed by atoms with Gasteiger partial charge in [0.1, 0.15) is 0 Å². The molecule has 0 fully saturated rings. The minimum Gasteiger partial charge on any atom is -0.408 e. The van der Waals surface area contributed by atoms with Gasteiger partial charge in [-0.15, -0.1) is 5.10 Å². The summed E-state index contributed by atoms with van der Waals surface area (Å²) in [5.74, 6) is 1.06. The van der Waals surface area contributed by atoms with Gasteiger partial charge in [-0.2, -0.15) is 0 Å². The molecule has 2 rings (SSSR count). The molecule has 0 aliphatic rings. The number of nitrogens with one attached hydrogen (secondary N) is 1. The fourth-order valence-corrected chi connectivity index (χ4v) is 1.00. The lowest BCUT2D eigenvalue weighted by Gasteiger charge is -1.96. The Morgan fingerprint density at radius 2 is 2.27 bits per heavy atom. The Bertz CT molecular complexity index is 414. The van der Waals surface area contributed by atoms with Crippen LogP contribution in [0.2, 0.25) is 0 Å². The highest BCUT2D eigenvalue weighted by Gasteiger charge is 2.05. The molecule has 0 aliphatic carbocycles. The minimum atomic E-state index is 0.291. The van der Waals surface area contributed by atoms with Crippen LogP contribution < -0.4 is 11.1 Å². The fraction of sp³-hybridized carbons (Fsp3) is 0.250. The molecule has 78 valence electrons. The lowest BCUT2D eigenvalue weighted by molar-refractivity contribution is 0.509. The van der Waals surface area contributed by atoms with Gasteiger partial charge >= 0.3 is 6.01 Å². The van der Waals surface area contributed by atoms with Crippen molar-refractivity contribution in [3.8, 4) is 0 Å². The van der Waals surface area contributed by atoms with Crippen LogP contribution in [-0.2, 0) is 6.42 Å². The Morgan fingerprint density at radius 1 is 1.33 bits per heavy atom. The molecular formula is C8H10N6O. The number of nitrogens with zero attached hydrogens (tertiary/aromatic N) is 4. The normalized spacial score (nSPS) is 10.2. The number of rotatable bonds is 4. The summed E-state index contributed by atoms with van der Waals surface area (Å²) in [6.07, 6.45) is 5.28. The van der Waals surface area contributed by atoms with E-state index in [2.05, 4.69) is 25.5 Å². The molecule has 0 bridgehead atoms. The van der Waals surface area contributed by atoms with Crippen LogP contribution in [0.5, 0.6) is 0 Å². The van der Waals surface area contributed by atoms with Crippen molar-refractivity contribution in [2.45, 2.75) is 6.42 Å². The maximum Gasteiger partial charge on any atom is 0.321 e. The summed E-state index contributed by atoms with van der Waals surface area (Å²) in [6, 6.07) is 0.291. The van der Waals surface area contributed by atoms with Crippen molar-refractivity contribution in [1.82, 2.24) is 20.2 Å². The molecule has 0 saturated carbocycles. The van der Waals surface area contributed by atoms with Crippen molar-refractivity contribution in [2.24, 2.45) is 5.73 Å². The Balaban J connectivity index is 2.05. The van der Waals surface area contributed by atoms with Gasteiger partial charge in [-0.05, 0) is 0 Å². The SMILES string of the molecule is NCCc1nnc(Nc2cnccn2)o1. The van der Waals surface area contributed by atoms with Gasteiger partial charge in [0.05, 0.1) is 6.20 Å². The van der Waals surface area contributed by atoms with Crippen molar-refractivity contribution in [3.05, 3.63) is 24.5 Å². The van der Waals surface area contributed by atoms with E-state index in [0.29, 0.717) is 30.7 Å². The predicted molar refractivity (Wildman–Crippen MR) is 52.4 cm³/mol. The third-order valence-corrected chi connectivity index (χ3v) is 1.62. The number of anilines is 2. The molecule has 2 aromatic rings. The first-order valence-corrected chi connectivity index (χ1v) is 4.44. The van der Waals surface area contributed by atoms with E-state index in [1.54, 1.807) is 18.6 Å². The topological polar surface area (TPSA) is 103 Å². The Labute approximate surface area is 85.7 Å². The fourth-order valence-electron chi connectivity index (χ4n) is 1.00. The van der Waals surface area contributed by atoms with Crippen molar-refractivity contribution >= 4 is 11.8 Å². The summed E-state index contributed by atoms with van der Waals surface area (Å²) in [7, 11) is 0. The van der Waals surface area contributed by atoms with Crippen LogP contribution in [0.3, 0.4) is 0 Å². The van der Waals surface area contributed by atoms with Crippen LogP contribution in [0.25, 0.3) is 0 Å². The van der Waals surface area contributed by atoms with Crippen LogP contribution in [-0.4, -0.2) is 26.7 Å². The molecule has 0 aromatic carbocycles. The second-order valence-corrected chi connectivity index (χ2v) is 2.76. The maximum absolute atomic E-state index is 5.35. The lowest BCUT2D eigenvalue weighted by Crippen LogP contribution is -2.02. The standard InChI is InChI=1S/C8H10N6O/c9-2-1-7-13-14-8(15-7)12-6-5-10-3-4-11-6/h3-5H,1-2,9H2,(H,11,12,14). The second kappa shape index (κ2) is 4.47. The predicted octanol–water partition coefficient (Wildman–Crippen LogP) is 0.104. The van der Waals surface area contributed by atoms with E-state index in [0.717, 1.165) is 0 Å². The van der Waals surface area contributed by atoms with Gasteiger partial charge in [-0.3, -0.25) is 10.3 Å². The number of hydrogen-bond acceptors (Lipinski definition) is 7. The van der Waals surface area contributed by atoms with Gasteiger partial charge in [0.15, 0.2) is 5.82 Å². The van der Waals surface area contributed by atoms with Gasteiger partial charge in [-0.1, -0.05) is 5.10 Å². The molecule has 0 saturated heterocycles. The van der Waals surface area contributed by atoms with E-state index < -0.39 is 0 Å². The summed E-state index contributed by atoms with van der Waals surface area (Å²) < 4.78 is 5.25. The molecule has 2 aromatic heterocycles. The zero-order chi connectivity index (χ0) is 10.5. The van der Waals surface area contributed by atoms with E-state index in [-0.39, 0.29) is 0 Å². The van der Waals surface area contributed by atoms with Crippen molar-refractivity contribution in [2.75, 3.05) is 11.9 Å². The molecule has 0 aliphatic heterocycles. The van der Waals surface area contributed by atoms with Gasteiger partial charge in [-0.25, -0.2) is 4.98 Å². The average Bonchev–Trinajstić information content (AvgIpc) is 2.68. The summed E-state index contributed by atoms with van der Waals surface area (Å²) in [6.45, 7) is 0.479. The van der Waals surface area contributed by atoms with E-state index in [4.69, 9.17) is 10.2 Å². The molecule has 0 unspecified atom stereocenters. The second-order valence-electron chi connectivity index (χ2n) is 2.76. The summed E-state index contributed by atoms with van der Waals surface area (Å²) >= 11 is 0. The Hall–Kier alpha value is -2.02. The third kappa shape index (κ3) is 2.47. The molecule has 0 radical (unpaired) electrons. The Kier molecular flexibility index (Phi) is 2.84. The molecule has 0 atom stereocenters. The molecule has 0 amide bonds. The molecular weight excluding hydrogens is 196 g/mol. The minimum absolute atomic E-state index is 0.291. The third-order valence-electron chi connectivity index (χ3n) is 1.62. The highest BCUT2D eigenvalue weighted by Crippen LogP contribution is 2.10. The highest BCUT2D eigenvalue weighted by atomic mass is 16.4. The van der Waals surface area contributed by atoms with Crippen LogP contribution in [0, 0.1) is 0 Å². The quantitative estimate of drug-likeness (QED) is 0.731. The van der Waals surface area contributed by atoms with Gasteiger partial charge in [0, 0.05) is 25.4 Å². The molecule has 7 nitrogen and oxygen atoms in total. The zero-order valence-corrected chi connectivity index (χ0v) is 7.92. The Morgan fingerprint density at radius 3 is 3.00 bits per heavy atom. The summed E-state index contributed by atoms with van der Waals surface area (Å²) in [4.78, 5) is 7.89. The summed E-state index contributed by atoms with van der Waals surface area (Å²) in [5, 5.41) is 10.4. The van der Waals surface area contributed by atoms with Crippen molar-refractivity contribution in [3.63, 3.8) is 0 Å². The van der Waals surface area contributed by atoms with E-state index in [1.807, 2.05) is 0 Å². The molecule has 7 heteroatoms. The van der Waals surface area contributed by atoms with E-state index >= 15 is 0 Å². The van der Waals surface area contributed by atoms with E-state index in [9.17, 15) is 0 Å². The van der Waals surface area contributed by atoms with Gasteiger partial charge in [0.25, 0.3) is 0 Å². The molecule has 15 heavy (non-hydrogen) atoms. The summed E-state index contributed by atoms with van der Waals surface area (Å²) in [5.41, 5.74) is 5.35. The molecule has 2 heterocycles. The maximum atomic E-state index is 5.35. The largest absolute Gasteiger partial charge is 0.408 e. The van der Waals surface area contributed by atoms with Crippen LogP contribution in [0.4, 0.5) is 11.8 Å². The number of hydrogen-bond donors (Lipinski definition) is 2. The molecule has 3 N–H and O–H groups in total. The first-order chi connectivity index (χ1) is 7.38. The number of nitrogens with two attached hydrogens (primary N) is 1. The van der Waals surface area contributed by atoms with E-state index in [1.165, 1.54) is 0 Å². The zero-order valence-electron chi connectivity index (χ0n) is 7.92. The number of aromatic nitrogens is 4.